The van der Waals surface area contributed by atoms with E-state index in [1.54, 1.807) is 0 Å². The summed E-state index contributed by atoms with van der Waals surface area (Å²) < 4.78 is 0. The number of amides is 1. The highest BCUT2D eigenvalue weighted by atomic mass is 16.2. The van der Waals surface area contributed by atoms with E-state index in [4.69, 9.17) is 5.73 Å². The van der Waals surface area contributed by atoms with E-state index in [-0.39, 0.29) is 11.9 Å². The summed E-state index contributed by atoms with van der Waals surface area (Å²) >= 11 is 0. The second-order valence-electron chi connectivity index (χ2n) is 5.87. The molecule has 21 heavy (non-hydrogen) atoms. The van der Waals surface area contributed by atoms with Crippen LogP contribution in [-0.2, 0) is 11.3 Å². The van der Waals surface area contributed by atoms with Crippen molar-refractivity contribution < 1.29 is 4.79 Å². The van der Waals surface area contributed by atoms with Crippen molar-refractivity contribution in [3.05, 3.63) is 29.8 Å². The molecule has 0 bridgehead atoms. The number of likely N-dealkylation sites (tertiary alicyclic amines) is 1. The topological polar surface area (TPSA) is 58.4 Å². The molecule has 4 heteroatoms. The van der Waals surface area contributed by atoms with Crippen LogP contribution in [0.4, 0.5) is 5.69 Å². The fraction of sp³-hybridized carbons (Fsp3) is 0.588. The number of nitrogens with zero attached hydrogens (tertiary/aromatic N) is 1. The monoisotopic (exact) mass is 289 g/mol. The second kappa shape index (κ2) is 8.15. The number of nitrogens with two attached hydrogens (primary N) is 1. The number of hydrogen-bond donors (Lipinski definition) is 2. The Morgan fingerprint density at radius 1 is 1.14 bits per heavy atom. The number of carbonyl (C=O) groups is 1. The second-order valence-corrected chi connectivity index (χ2v) is 5.87. The quantitative estimate of drug-likeness (QED) is 0.896. The smallest absolute Gasteiger partial charge is 0.241 e. The van der Waals surface area contributed by atoms with Gasteiger partial charge in [0.25, 0.3) is 0 Å². The van der Waals surface area contributed by atoms with E-state index in [1.807, 2.05) is 31.2 Å². The molecule has 1 saturated heterocycles. The highest BCUT2D eigenvalue weighted by molar-refractivity contribution is 5.94. The van der Waals surface area contributed by atoms with Gasteiger partial charge in [-0.05, 0) is 50.6 Å². The summed E-state index contributed by atoms with van der Waals surface area (Å²) in [6.45, 7) is 4.59. The molecule has 1 atom stereocenters. The normalized spacial score (nSPS) is 18.6. The van der Waals surface area contributed by atoms with Gasteiger partial charge in [-0.3, -0.25) is 9.69 Å². The van der Waals surface area contributed by atoms with Gasteiger partial charge in [-0.1, -0.05) is 31.4 Å². The Hall–Kier alpha value is -1.39. The highest BCUT2D eigenvalue weighted by Crippen LogP contribution is 2.15. The Bertz CT molecular complexity index is 436. The van der Waals surface area contributed by atoms with Gasteiger partial charge >= 0.3 is 0 Å². The lowest BCUT2D eigenvalue weighted by Crippen LogP contribution is -2.43. The standard InChI is InChI=1S/C17H27N3O/c1-14(20-11-5-3-2-4-6-12-20)17(21)19-16-9-7-15(13-18)8-10-16/h7-10,14H,2-6,11-13,18H2,1H3,(H,19,21). The molecule has 3 N–H and O–H groups in total. The molecule has 116 valence electrons. The lowest BCUT2D eigenvalue weighted by molar-refractivity contribution is -0.120. The first kappa shape index (κ1) is 16.0. The molecule has 4 nitrogen and oxygen atoms in total. The predicted octanol–water partition coefficient (Wildman–Crippen LogP) is 2.74. The van der Waals surface area contributed by atoms with E-state index in [0.29, 0.717) is 6.54 Å². The van der Waals surface area contributed by atoms with Crippen LogP contribution in [0.1, 0.15) is 44.6 Å². The molecule has 2 rings (SSSR count). The first-order valence-electron chi connectivity index (χ1n) is 8.04. The summed E-state index contributed by atoms with van der Waals surface area (Å²) in [5.74, 6) is 0.0797. The molecule has 1 aromatic carbocycles. The lowest BCUT2D eigenvalue weighted by atomic mass is 10.1. The first-order valence-corrected chi connectivity index (χ1v) is 8.04. The zero-order chi connectivity index (χ0) is 15.1. The minimum absolute atomic E-state index is 0.0720. The predicted molar refractivity (Wildman–Crippen MR) is 87.1 cm³/mol. The molecule has 1 aromatic rings. The van der Waals surface area contributed by atoms with Gasteiger partial charge in [0.15, 0.2) is 0 Å². The summed E-state index contributed by atoms with van der Waals surface area (Å²) in [6, 6.07) is 7.67. The Morgan fingerprint density at radius 2 is 1.71 bits per heavy atom. The number of nitrogens with one attached hydrogen (secondary N) is 1. The molecule has 1 aliphatic rings. The molecule has 1 unspecified atom stereocenters. The summed E-state index contributed by atoms with van der Waals surface area (Å²) in [7, 11) is 0. The molecule has 1 amide bonds. The maximum atomic E-state index is 12.4. The summed E-state index contributed by atoms with van der Waals surface area (Å²) in [5.41, 5.74) is 7.50. The number of rotatable bonds is 4. The van der Waals surface area contributed by atoms with Gasteiger partial charge in [0.05, 0.1) is 6.04 Å². The largest absolute Gasteiger partial charge is 0.326 e. The number of carbonyl (C=O) groups excluding carboxylic acids is 1. The Balaban J connectivity index is 1.90. The SMILES string of the molecule is CC(C(=O)Nc1ccc(CN)cc1)N1CCCCCCC1. The van der Waals surface area contributed by atoms with Crippen LogP contribution in [0.2, 0.25) is 0 Å². The number of benzene rings is 1. The molecular formula is C17H27N3O. The van der Waals surface area contributed by atoms with Crippen molar-refractivity contribution in [3.63, 3.8) is 0 Å². The zero-order valence-electron chi connectivity index (χ0n) is 13.0. The Labute approximate surface area is 127 Å². The van der Waals surface area contributed by atoms with Gasteiger partial charge < -0.3 is 11.1 Å². The fourth-order valence-electron chi connectivity index (χ4n) is 2.80. The van der Waals surface area contributed by atoms with E-state index in [0.717, 1.165) is 24.3 Å². The van der Waals surface area contributed by atoms with Crippen LogP contribution in [0.25, 0.3) is 0 Å². The van der Waals surface area contributed by atoms with Gasteiger partial charge in [0.2, 0.25) is 5.91 Å². The third-order valence-electron chi connectivity index (χ3n) is 4.27. The highest BCUT2D eigenvalue weighted by Gasteiger charge is 2.21. The summed E-state index contributed by atoms with van der Waals surface area (Å²) in [5, 5.41) is 3.00. The molecule has 1 fully saturated rings. The molecular weight excluding hydrogens is 262 g/mol. The van der Waals surface area contributed by atoms with Crippen LogP contribution < -0.4 is 11.1 Å². The van der Waals surface area contributed by atoms with Crippen molar-refractivity contribution in [2.75, 3.05) is 18.4 Å². The van der Waals surface area contributed by atoms with Crippen LogP contribution in [0, 0.1) is 0 Å². The van der Waals surface area contributed by atoms with Crippen LogP contribution in [0.3, 0.4) is 0 Å². The van der Waals surface area contributed by atoms with Crippen LogP contribution in [-0.4, -0.2) is 29.9 Å². The van der Waals surface area contributed by atoms with Gasteiger partial charge in [0.1, 0.15) is 0 Å². The lowest BCUT2D eigenvalue weighted by Gasteiger charge is -2.29. The van der Waals surface area contributed by atoms with Crippen molar-refractivity contribution in [1.29, 1.82) is 0 Å². The maximum Gasteiger partial charge on any atom is 0.241 e. The van der Waals surface area contributed by atoms with Crippen molar-refractivity contribution in [3.8, 4) is 0 Å². The third-order valence-corrected chi connectivity index (χ3v) is 4.27. The third kappa shape index (κ3) is 4.83. The average Bonchev–Trinajstić information content (AvgIpc) is 2.47. The average molecular weight is 289 g/mol. The first-order chi connectivity index (χ1) is 10.2. The molecule has 0 saturated carbocycles. The molecule has 0 radical (unpaired) electrons. The Morgan fingerprint density at radius 3 is 2.29 bits per heavy atom. The van der Waals surface area contributed by atoms with Gasteiger partial charge in [-0.2, -0.15) is 0 Å². The van der Waals surface area contributed by atoms with E-state index in [1.165, 1.54) is 32.1 Å². The van der Waals surface area contributed by atoms with Crippen molar-refractivity contribution in [2.45, 2.75) is 51.6 Å². The van der Waals surface area contributed by atoms with Gasteiger partial charge in [-0.15, -0.1) is 0 Å². The van der Waals surface area contributed by atoms with E-state index in [2.05, 4.69) is 10.2 Å². The molecule has 0 aliphatic carbocycles. The summed E-state index contributed by atoms with van der Waals surface area (Å²) in [4.78, 5) is 14.7. The van der Waals surface area contributed by atoms with E-state index in [9.17, 15) is 4.79 Å². The van der Waals surface area contributed by atoms with Gasteiger partial charge in [0, 0.05) is 12.2 Å². The minimum Gasteiger partial charge on any atom is -0.326 e. The molecule has 0 aromatic heterocycles. The van der Waals surface area contributed by atoms with Crippen LogP contribution in [0.15, 0.2) is 24.3 Å². The van der Waals surface area contributed by atoms with Crippen LogP contribution >= 0.6 is 0 Å². The van der Waals surface area contributed by atoms with Crippen molar-refractivity contribution in [1.82, 2.24) is 4.90 Å². The van der Waals surface area contributed by atoms with Crippen molar-refractivity contribution in [2.24, 2.45) is 5.73 Å². The van der Waals surface area contributed by atoms with E-state index >= 15 is 0 Å². The van der Waals surface area contributed by atoms with Crippen molar-refractivity contribution >= 4 is 11.6 Å². The minimum atomic E-state index is -0.0720. The number of anilines is 1. The Kier molecular flexibility index (Phi) is 6.21. The summed E-state index contributed by atoms with van der Waals surface area (Å²) in [6.07, 6.45) is 6.30. The molecule has 1 aliphatic heterocycles. The van der Waals surface area contributed by atoms with Gasteiger partial charge in [-0.25, -0.2) is 0 Å². The van der Waals surface area contributed by atoms with E-state index < -0.39 is 0 Å². The van der Waals surface area contributed by atoms with Crippen LogP contribution in [0.5, 0.6) is 0 Å². The maximum absolute atomic E-state index is 12.4. The molecule has 0 spiro atoms. The number of hydrogen-bond acceptors (Lipinski definition) is 3. The zero-order valence-corrected chi connectivity index (χ0v) is 13.0. The fourth-order valence-corrected chi connectivity index (χ4v) is 2.80. The molecule has 1 heterocycles.